The van der Waals surface area contributed by atoms with Gasteiger partial charge in [0.15, 0.2) is 5.60 Å². The first-order valence-corrected chi connectivity index (χ1v) is 29.9. The first kappa shape index (κ1) is 65.4. The molecule has 67 heavy (non-hydrogen) atoms. The molecule has 5 unspecified atom stereocenters. The Kier molecular flexibility index (Phi) is 43.2. The van der Waals surface area contributed by atoms with Crippen LogP contribution in [0.5, 0.6) is 0 Å². The third-order valence-corrected chi connectivity index (χ3v) is 16.0. The van der Waals surface area contributed by atoms with Crippen LogP contribution in [0.25, 0.3) is 0 Å². The molecule has 0 heterocycles. The lowest BCUT2D eigenvalue weighted by atomic mass is 9.48. The molecular weight excluding hydrogens is 833 g/mol. The molecule has 7 nitrogen and oxygen atoms in total. The monoisotopic (exact) mass is 949 g/mol. The summed E-state index contributed by atoms with van der Waals surface area (Å²) in [4.78, 5) is 44.0. The van der Waals surface area contributed by atoms with Crippen LogP contribution in [0.2, 0.25) is 0 Å². The van der Waals surface area contributed by atoms with E-state index in [9.17, 15) is 30.0 Å². The van der Waals surface area contributed by atoms with Gasteiger partial charge in [-0.05, 0) is 56.3 Å². The Morgan fingerprint density at radius 1 is 0.313 bits per heavy atom. The zero-order chi connectivity index (χ0) is 49.9. The van der Waals surface area contributed by atoms with Gasteiger partial charge in [0.05, 0.1) is 0 Å². The molecule has 0 bridgehead atoms. The number of hydrogen-bond acceptors (Lipinski definition) is 4. The first-order valence-electron chi connectivity index (χ1n) is 29.9. The Hall–Kier alpha value is -1.63. The van der Waals surface area contributed by atoms with Gasteiger partial charge in [-0.3, -0.25) is 9.59 Å². The molecule has 398 valence electrons. The van der Waals surface area contributed by atoms with Gasteiger partial charge < -0.3 is 20.4 Å². The van der Waals surface area contributed by atoms with Crippen LogP contribution in [-0.4, -0.2) is 43.9 Å². The lowest BCUT2D eigenvalue weighted by Gasteiger charge is -2.54. The summed E-state index contributed by atoms with van der Waals surface area (Å²) in [5, 5.41) is 49.7. The second kappa shape index (κ2) is 44.3. The van der Waals surface area contributed by atoms with Crippen molar-refractivity contribution in [1.29, 1.82) is 0 Å². The van der Waals surface area contributed by atoms with Crippen molar-refractivity contribution in [3.8, 4) is 0 Å². The highest BCUT2D eigenvalue weighted by Gasteiger charge is 2.72. The summed E-state index contributed by atoms with van der Waals surface area (Å²) in [5.41, 5.74) is -5.14. The minimum Gasteiger partial charge on any atom is -0.481 e. The fourth-order valence-corrected chi connectivity index (χ4v) is 12.0. The van der Waals surface area contributed by atoms with E-state index in [4.69, 9.17) is 0 Å². The van der Waals surface area contributed by atoms with E-state index in [1.165, 1.54) is 38.5 Å². The molecule has 0 aliphatic carbocycles. The standard InChI is InChI=1S/C60H116O7/c1-7-13-19-25-31-35-41-47-52(46-40-34-28-22-16-10-4)55(56(61)62)60(67,58(65)66)59(57(63)64,53(48-42-36-29-23-17-11-5)50-44-38-32-26-20-14-8-2)54(49-43-37-30-24-18-12-6)51-45-39-33-27-21-15-9-3/h52-55,67H,7-51H2,1-6H3,(H,61,62)(H,63,64)(H,65,66). The Balaban J connectivity index is 7.95. The van der Waals surface area contributed by atoms with E-state index >= 15 is 4.79 Å². The smallest absolute Gasteiger partial charge is 0.337 e. The fraction of sp³-hybridized carbons (Fsp3) is 0.950. The largest absolute Gasteiger partial charge is 0.481 e. The molecule has 0 aliphatic rings. The van der Waals surface area contributed by atoms with Crippen LogP contribution in [0.15, 0.2) is 0 Å². The Morgan fingerprint density at radius 2 is 0.522 bits per heavy atom. The summed E-state index contributed by atoms with van der Waals surface area (Å²) < 4.78 is 0. The molecule has 0 aromatic rings. The van der Waals surface area contributed by atoms with E-state index < -0.39 is 52.6 Å². The molecule has 0 aromatic heterocycles. The maximum Gasteiger partial charge on any atom is 0.337 e. The van der Waals surface area contributed by atoms with Crippen molar-refractivity contribution in [3.63, 3.8) is 0 Å². The van der Waals surface area contributed by atoms with Crippen LogP contribution in [0, 0.1) is 29.1 Å². The van der Waals surface area contributed by atoms with Crippen LogP contribution in [0.4, 0.5) is 0 Å². The second-order valence-electron chi connectivity index (χ2n) is 21.6. The van der Waals surface area contributed by atoms with Gasteiger partial charge in [0, 0.05) is 0 Å². The van der Waals surface area contributed by atoms with Crippen molar-refractivity contribution in [1.82, 2.24) is 0 Å². The van der Waals surface area contributed by atoms with Gasteiger partial charge in [0.1, 0.15) is 11.3 Å². The van der Waals surface area contributed by atoms with E-state index in [1.54, 1.807) is 0 Å². The highest BCUT2D eigenvalue weighted by Crippen LogP contribution is 2.58. The lowest BCUT2D eigenvalue weighted by molar-refractivity contribution is -0.230. The molecule has 4 N–H and O–H groups in total. The van der Waals surface area contributed by atoms with E-state index in [2.05, 4.69) is 41.5 Å². The van der Waals surface area contributed by atoms with Gasteiger partial charge in [-0.15, -0.1) is 0 Å². The number of aliphatic hydroxyl groups is 1. The molecule has 0 saturated carbocycles. The molecule has 0 aliphatic heterocycles. The average molecular weight is 950 g/mol. The lowest BCUT2D eigenvalue weighted by Crippen LogP contribution is -2.70. The second-order valence-corrected chi connectivity index (χ2v) is 21.6. The van der Waals surface area contributed by atoms with Crippen molar-refractivity contribution < 1.29 is 34.8 Å². The molecule has 0 amide bonds. The zero-order valence-electron chi connectivity index (χ0n) is 45.6. The summed E-state index contributed by atoms with van der Waals surface area (Å²) in [6.45, 7) is 13.2. The van der Waals surface area contributed by atoms with Crippen molar-refractivity contribution in [3.05, 3.63) is 0 Å². The van der Waals surface area contributed by atoms with Gasteiger partial charge in [0.25, 0.3) is 0 Å². The number of rotatable bonds is 53. The third kappa shape index (κ3) is 27.0. The minimum atomic E-state index is -2.99. The van der Waals surface area contributed by atoms with Crippen molar-refractivity contribution in [2.45, 2.75) is 336 Å². The molecule has 0 saturated heterocycles. The topological polar surface area (TPSA) is 132 Å². The van der Waals surface area contributed by atoms with Crippen LogP contribution < -0.4 is 0 Å². The summed E-state index contributed by atoms with van der Waals surface area (Å²) in [6.07, 6.45) is 43.5. The summed E-state index contributed by atoms with van der Waals surface area (Å²) in [7, 11) is 0. The number of carbonyl (C=O) groups is 3. The maximum absolute atomic E-state index is 15.1. The molecule has 0 fully saturated rings. The van der Waals surface area contributed by atoms with Crippen LogP contribution in [0.3, 0.4) is 0 Å². The Bertz CT molecular complexity index is 1100. The van der Waals surface area contributed by atoms with Gasteiger partial charge in [-0.2, -0.15) is 0 Å². The van der Waals surface area contributed by atoms with Gasteiger partial charge in [-0.25, -0.2) is 4.79 Å². The predicted molar refractivity (Wildman–Crippen MR) is 286 cm³/mol. The molecule has 0 spiro atoms. The predicted octanol–water partition coefficient (Wildman–Crippen LogP) is 19.1. The average Bonchev–Trinajstić information content (AvgIpc) is 3.30. The fourth-order valence-electron chi connectivity index (χ4n) is 12.0. The number of carboxylic acids is 3. The minimum absolute atomic E-state index is 0.490. The Labute approximate surface area is 416 Å². The van der Waals surface area contributed by atoms with Crippen molar-refractivity contribution in [2.24, 2.45) is 29.1 Å². The van der Waals surface area contributed by atoms with Crippen LogP contribution in [0.1, 0.15) is 330 Å². The van der Waals surface area contributed by atoms with E-state index in [0.29, 0.717) is 38.5 Å². The molecule has 0 rings (SSSR count). The quantitative estimate of drug-likeness (QED) is 0.0447. The summed E-state index contributed by atoms with van der Waals surface area (Å²) >= 11 is 0. The SMILES string of the molecule is CCCCCCCCCC(CCCCCCCC)C(C(=O)O)C(O)(C(=O)O)C(C(=O)O)(C(CCCCCCCC)CCCCCCCCC)C(CCCCCCCC)CCCCCCCCC. The maximum atomic E-state index is 15.1. The number of carboxylic acid groups (broad SMARTS) is 3. The summed E-state index contributed by atoms with van der Waals surface area (Å²) in [6, 6.07) is 0. The van der Waals surface area contributed by atoms with E-state index in [-0.39, 0.29) is 0 Å². The van der Waals surface area contributed by atoms with Crippen LogP contribution in [-0.2, 0) is 14.4 Å². The van der Waals surface area contributed by atoms with E-state index in [0.717, 1.165) is 212 Å². The molecule has 5 atom stereocenters. The van der Waals surface area contributed by atoms with Crippen molar-refractivity contribution in [2.75, 3.05) is 0 Å². The molecule has 0 radical (unpaired) electrons. The first-order chi connectivity index (χ1) is 32.5. The molecule has 0 aromatic carbocycles. The normalized spacial score (nSPS) is 15.4. The summed E-state index contributed by atoms with van der Waals surface area (Å²) in [5.74, 6) is -7.90. The zero-order valence-corrected chi connectivity index (χ0v) is 45.6. The Morgan fingerprint density at radius 3 is 0.716 bits per heavy atom. The van der Waals surface area contributed by atoms with Gasteiger partial charge >= 0.3 is 17.9 Å². The van der Waals surface area contributed by atoms with E-state index in [1.807, 2.05) is 0 Å². The van der Waals surface area contributed by atoms with Gasteiger partial charge in [-0.1, -0.05) is 292 Å². The highest BCUT2D eigenvalue weighted by atomic mass is 16.4. The molecular formula is C60H116O7. The third-order valence-electron chi connectivity index (χ3n) is 16.0. The van der Waals surface area contributed by atoms with Crippen LogP contribution >= 0.6 is 0 Å². The number of hydrogen-bond donors (Lipinski definition) is 4. The number of aliphatic carboxylic acids is 3. The number of unbranched alkanes of at least 4 members (excludes halogenated alkanes) is 33. The van der Waals surface area contributed by atoms with Crippen molar-refractivity contribution >= 4 is 17.9 Å². The molecule has 7 heteroatoms. The highest BCUT2D eigenvalue weighted by molar-refractivity contribution is 5.94. The van der Waals surface area contributed by atoms with Gasteiger partial charge in [0.2, 0.25) is 0 Å².